The Kier molecular flexibility index (Phi) is 5.95. The molecule has 1 aromatic rings. The van der Waals surface area contributed by atoms with Crippen molar-refractivity contribution in [1.82, 2.24) is 4.90 Å². The molecule has 0 aliphatic rings. The van der Waals surface area contributed by atoms with Gasteiger partial charge in [0, 0.05) is 11.4 Å². The molecule has 0 fully saturated rings. The molecule has 0 aliphatic heterocycles. The van der Waals surface area contributed by atoms with Crippen LogP contribution < -0.4 is 5.73 Å². The van der Waals surface area contributed by atoms with Crippen LogP contribution in [0.3, 0.4) is 0 Å². The van der Waals surface area contributed by atoms with Gasteiger partial charge in [-0.05, 0) is 25.5 Å². The molecular formula is C12H19ClN2OS. The molecule has 1 heterocycles. The van der Waals surface area contributed by atoms with E-state index in [4.69, 9.17) is 17.3 Å². The lowest BCUT2D eigenvalue weighted by atomic mass is 10.1. The first-order valence-electron chi connectivity index (χ1n) is 5.87. The highest BCUT2D eigenvalue weighted by Crippen LogP contribution is 2.22. The molecule has 1 rings (SSSR count). The second-order valence-corrected chi connectivity index (χ2v) is 5.75. The molecule has 17 heavy (non-hydrogen) atoms. The zero-order chi connectivity index (χ0) is 12.8. The van der Waals surface area contributed by atoms with Crippen molar-refractivity contribution < 1.29 is 4.79 Å². The molecule has 1 amide bonds. The predicted molar refractivity (Wildman–Crippen MR) is 73.3 cm³/mol. The van der Waals surface area contributed by atoms with Crippen molar-refractivity contribution in [3.05, 3.63) is 21.3 Å². The molecule has 5 heteroatoms. The smallest absolute Gasteiger partial charge is 0.239 e. The third kappa shape index (κ3) is 4.30. The number of hydrogen-bond acceptors (Lipinski definition) is 3. The molecule has 0 aromatic carbocycles. The second-order valence-electron chi connectivity index (χ2n) is 3.95. The fourth-order valence-electron chi connectivity index (χ4n) is 1.64. The second kappa shape index (κ2) is 6.99. The Balaban J connectivity index is 2.62. The summed E-state index contributed by atoms with van der Waals surface area (Å²) in [5.41, 5.74) is 5.85. The SMILES string of the molecule is CCC[C@@H](N)C(=O)N(CC)Cc1ccc(Cl)s1. The van der Waals surface area contributed by atoms with E-state index in [9.17, 15) is 4.79 Å². The Morgan fingerprint density at radius 3 is 2.71 bits per heavy atom. The molecule has 0 bridgehead atoms. The van der Waals surface area contributed by atoms with Gasteiger partial charge < -0.3 is 10.6 Å². The first-order chi connectivity index (χ1) is 8.08. The van der Waals surface area contributed by atoms with Crippen molar-refractivity contribution in [2.45, 2.75) is 39.3 Å². The first kappa shape index (κ1) is 14.5. The molecule has 1 aromatic heterocycles. The van der Waals surface area contributed by atoms with Crippen LogP contribution in [0.1, 0.15) is 31.6 Å². The quantitative estimate of drug-likeness (QED) is 0.867. The van der Waals surface area contributed by atoms with Gasteiger partial charge in [-0.1, -0.05) is 24.9 Å². The average molecular weight is 275 g/mol. The minimum absolute atomic E-state index is 0.0267. The van der Waals surface area contributed by atoms with E-state index in [1.807, 2.05) is 26.0 Å². The minimum Gasteiger partial charge on any atom is -0.336 e. The lowest BCUT2D eigenvalue weighted by Gasteiger charge is -2.23. The number of carbonyl (C=O) groups excluding carboxylic acids is 1. The van der Waals surface area contributed by atoms with Gasteiger partial charge in [0.05, 0.1) is 16.9 Å². The Morgan fingerprint density at radius 1 is 1.53 bits per heavy atom. The van der Waals surface area contributed by atoms with E-state index < -0.39 is 0 Å². The zero-order valence-electron chi connectivity index (χ0n) is 10.3. The van der Waals surface area contributed by atoms with Crippen LogP contribution in [0.2, 0.25) is 4.34 Å². The molecule has 96 valence electrons. The fraction of sp³-hybridized carbons (Fsp3) is 0.583. The monoisotopic (exact) mass is 274 g/mol. The van der Waals surface area contributed by atoms with Gasteiger partial charge in [-0.15, -0.1) is 11.3 Å². The van der Waals surface area contributed by atoms with Gasteiger partial charge in [0.2, 0.25) is 5.91 Å². The number of hydrogen-bond donors (Lipinski definition) is 1. The summed E-state index contributed by atoms with van der Waals surface area (Å²) in [5.74, 6) is 0.0267. The van der Waals surface area contributed by atoms with Crippen LogP contribution in [-0.2, 0) is 11.3 Å². The molecule has 0 radical (unpaired) electrons. The van der Waals surface area contributed by atoms with Crippen molar-refractivity contribution in [3.63, 3.8) is 0 Å². The highest BCUT2D eigenvalue weighted by Gasteiger charge is 2.19. The van der Waals surface area contributed by atoms with Gasteiger partial charge in [-0.2, -0.15) is 0 Å². The summed E-state index contributed by atoms with van der Waals surface area (Å²) in [5, 5.41) is 0. The topological polar surface area (TPSA) is 46.3 Å². The maximum Gasteiger partial charge on any atom is 0.239 e. The third-order valence-corrected chi connectivity index (χ3v) is 3.80. The maximum atomic E-state index is 12.0. The zero-order valence-corrected chi connectivity index (χ0v) is 11.9. The van der Waals surface area contributed by atoms with Crippen molar-refractivity contribution in [3.8, 4) is 0 Å². The summed E-state index contributed by atoms with van der Waals surface area (Å²) >= 11 is 7.37. The normalized spacial score (nSPS) is 12.5. The predicted octanol–water partition coefficient (Wildman–Crippen LogP) is 2.88. The lowest BCUT2D eigenvalue weighted by Crippen LogP contribution is -2.43. The van der Waals surface area contributed by atoms with Crippen LogP contribution in [0.25, 0.3) is 0 Å². The number of rotatable bonds is 6. The van der Waals surface area contributed by atoms with Crippen LogP contribution in [0.5, 0.6) is 0 Å². The van der Waals surface area contributed by atoms with E-state index in [1.54, 1.807) is 4.90 Å². The Bertz CT molecular complexity index is 367. The van der Waals surface area contributed by atoms with Crippen molar-refractivity contribution in [1.29, 1.82) is 0 Å². The number of amides is 1. The summed E-state index contributed by atoms with van der Waals surface area (Å²) in [6, 6.07) is 3.43. The molecule has 1 atom stereocenters. The molecule has 0 saturated carbocycles. The van der Waals surface area contributed by atoms with Gasteiger partial charge in [0.15, 0.2) is 0 Å². The van der Waals surface area contributed by atoms with E-state index in [2.05, 4.69) is 0 Å². The largest absolute Gasteiger partial charge is 0.336 e. The fourth-order valence-corrected chi connectivity index (χ4v) is 2.74. The van der Waals surface area contributed by atoms with Gasteiger partial charge in [0.1, 0.15) is 0 Å². The molecule has 0 aliphatic carbocycles. The number of halogens is 1. The van der Waals surface area contributed by atoms with Crippen molar-refractivity contribution >= 4 is 28.8 Å². The van der Waals surface area contributed by atoms with Crippen LogP contribution >= 0.6 is 22.9 Å². The summed E-state index contributed by atoms with van der Waals surface area (Å²) in [7, 11) is 0. The Labute approximate surface area is 112 Å². The highest BCUT2D eigenvalue weighted by molar-refractivity contribution is 7.16. The Hall–Kier alpha value is -0.580. The maximum absolute atomic E-state index is 12.0. The van der Waals surface area contributed by atoms with E-state index in [-0.39, 0.29) is 11.9 Å². The highest BCUT2D eigenvalue weighted by atomic mass is 35.5. The number of nitrogens with two attached hydrogens (primary N) is 1. The molecule has 0 unspecified atom stereocenters. The Morgan fingerprint density at radius 2 is 2.24 bits per heavy atom. The van der Waals surface area contributed by atoms with Crippen LogP contribution in [0, 0.1) is 0 Å². The number of likely N-dealkylation sites (N-methyl/N-ethyl adjacent to an activating group) is 1. The summed E-state index contributed by atoms with van der Waals surface area (Å²) < 4.78 is 0.751. The van der Waals surface area contributed by atoms with E-state index in [0.29, 0.717) is 13.1 Å². The number of thiophene rings is 1. The summed E-state index contributed by atoms with van der Waals surface area (Å²) in [6.45, 7) is 5.27. The number of nitrogens with zero attached hydrogens (tertiary/aromatic N) is 1. The molecule has 2 N–H and O–H groups in total. The van der Waals surface area contributed by atoms with Crippen molar-refractivity contribution in [2.24, 2.45) is 5.73 Å². The van der Waals surface area contributed by atoms with Gasteiger partial charge in [0.25, 0.3) is 0 Å². The molecule has 3 nitrogen and oxygen atoms in total. The standard InChI is InChI=1S/C12H19ClN2OS/c1-3-5-10(14)12(16)15(4-2)8-9-6-7-11(13)17-9/h6-7,10H,3-5,8,14H2,1-2H3/t10-/m1/s1. The van der Waals surface area contributed by atoms with E-state index >= 15 is 0 Å². The van der Waals surface area contributed by atoms with Gasteiger partial charge >= 0.3 is 0 Å². The first-order valence-corrected chi connectivity index (χ1v) is 7.06. The molecule has 0 saturated heterocycles. The van der Waals surface area contributed by atoms with Gasteiger partial charge in [-0.3, -0.25) is 4.79 Å². The summed E-state index contributed by atoms with van der Waals surface area (Å²) in [4.78, 5) is 14.9. The molecular weight excluding hydrogens is 256 g/mol. The van der Waals surface area contributed by atoms with Crippen LogP contribution in [0.15, 0.2) is 12.1 Å². The van der Waals surface area contributed by atoms with E-state index in [1.165, 1.54) is 11.3 Å². The van der Waals surface area contributed by atoms with Crippen molar-refractivity contribution in [2.75, 3.05) is 6.54 Å². The number of carbonyl (C=O) groups is 1. The average Bonchev–Trinajstić information content (AvgIpc) is 2.71. The third-order valence-electron chi connectivity index (χ3n) is 2.59. The summed E-state index contributed by atoms with van der Waals surface area (Å²) in [6.07, 6.45) is 1.66. The van der Waals surface area contributed by atoms with E-state index in [0.717, 1.165) is 22.1 Å². The van der Waals surface area contributed by atoms with Crippen LogP contribution in [-0.4, -0.2) is 23.4 Å². The minimum atomic E-state index is -0.379. The van der Waals surface area contributed by atoms with Crippen LogP contribution in [0.4, 0.5) is 0 Å². The molecule has 0 spiro atoms. The lowest BCUT2D eigenvalue weighted by molar-refractivity contribution is -0.133. The van der Waals surface area contributed by atoms with Gasteiger partial charge in [-0.25, -0.2) is 0 Å².